The highest BCUT2D eigenvalue weighted by Crippen LogP contribution is 2.16. The van der Waals surface area contributed by atoms with Gasteiger partial charge in [0, 0.05) is 6.54 Å². The topological polar surface area (TPSA) is 75.3 Å². The molecule has 0 aliphatic rings. The molecule has 0 saturated carbocycles. The van der Waals surface area contributed by atoms with Crippen LogP contribution >= 0.6 is 0 Å². The van der Waals surface area contributed by atoms with Crippen molar-refractivity contribution in [2.45, 2.75) is 25.2 Å². The monoisotopic (exact) mass is 346 g/mol. The van der Waals surface area contributed by atoms with E-state index < -0.39 is 10.0 Å². The molecular formula is C18H22N2O3S. The van der Waals surface area contributed by atoms with Crippen LogP contribution in [0, 0.1) is 13.8 Å². The molecule has 24 heavy (non-hydrogen) atoms. The van der Waals surface area contributed by atoms with Crippen molar-refractivity contribution in [3.05, 3.63) is 65.2 Å². The van der Waals surface area contributed by atoms with Crippen molar-refractivity contribution in [3.63, 3.8) is 0 Å². The summed E-state index contributed by atoms with van der Waals surface area (Å²) in [5.41, 5.74) is 2.62. The van der Waals surface area contributed by atoms with Crippen LogP contribution in [0.25, 0.3) is 0 Å². The standard InChI is InChI=1S/C18H22N2O3S/c1-14-8-9-15(2)17(12-14)24(22,23)20-13-18(21)19-11-10-16-6-4-3-5-7-16/h3-9,12,20H,10-11,13H2,1-2H3,(H,19,21). The fraction of sp³-hybridized carbons (Fsp3) is 0.278. The Hall–Kier alpha value is -2.18. The first-order chi connectivity index (χ1) is 11.4. The van der Waals surface area contributed by atoms with Gasteiger partial charge in [-0.15, -0.1) is 0 Å². The van der Waals surface area contributed by atoms with Gasteiger partial charge in [0.05, 0.1) is 11.4 Å². The Morgan fingerprint density at radius 2 is 1.75 bits per heavy atom. The lowest BCUT2D eigenvalue weighted by molar-refractivity contribution is -0.119. The van der Waals surface area contributed by atoms with Crippen LogP contribution < -0.4 is 10.0 Å². The zero-order chi connectivity index (χ0) is 17.6. The summed E-state index contributed by atoms with van der Waals surface area (Å²) in [5.74, 6) is -0.347. The molecule has 0 bridgehead atoms. The van der Waals surface area contributed by atoms with Crippen LogP contribution in [0.4, 0.5) is 0 Å². The molecule has 0 aliphatic heterocycles. The van der Waals surface area contributed by atoms with Gasteiger partial charge in [-0.05, 0) is 43.0 Å². The van der Waals surface area contributed by atoms with E-state index in [-0.39, 0.29) is 17.3 Å². The van der Waals surface area contributed by atoms with Crippen LogP contribution in [-0.2, 0) is 21.2 Å². The molecule has 2 N–H and O–H groups in total. The minimum atomic E-state index is -3.70. The first-order valence-electron chi connectivity index (χ1n) is 7.76. The van der Waals surface area contributed by atoms with Gasteiger partial charge in [0.15, 0.2) is 0 Å². The van der Waals surface area contributed by atoms with Crippen molar-refractivity contribution in [1.29, 1.82) is 0 Å². The predicted octanol–water partition coefficient (Wildman–Crippen LogP) is 1.94. The lowest BCUT2D eigenvalue weighted by Crippen LogP contribution is -2.37. The molecule has 0 radical (unpaired) electrons. The molecule has 0 aromatic heterocycles. The zero-order valence-electron chi connectivity index (χ0n) is 13.9. The molecule has 5 nitrogen and oxygen atoms in total. The largest absolute Gasteiger partial charge is 0.355 e. The van der Waals surface area contributed by atoms with Gasteiger partial charge in [-0.3, -0.25) is 4.79 Å². The van der Waals surface area contributed by atoms with Gasteiger partial charge in [0.1, 0.15) is 0 Å². The summed E-state index contributed by atoms with van der Waals surface area (Å²) in [6, 6.07) is 15.0. The van der Waals surface area contributed by atoms with E-state index in [1.54, 1.807) is 19.1 Å². The van der Waals surface area contributed by atoms with E-state index in [1.165, 1.54) is 0 Å². The Morgan fingerprint density at radius 1 is 1.04 bits per heavy atom. The average Bonchev–Trinajstić information content (AvgIpc) is 2.56. The van der Waals surface area contributed by atoms with E-state index in [4.69, 9.17) is 0 Å². The number of hydrogen-bond donors (Lipinski definition) is 2. The highest BCUT2D eigenvalue weighted by molar-refractivity contribution is 7.89. The van der Waals surface area contributed by atoms with Gasteiger partial charge >= 0.3 is 0 Å². The molecule has 0 heterocycles. The Labute approximate surface area is 143 Å². The lowest BCUT2D eigenvalue weighted by atomic mass is 10.1. The number of amides is 1. The summed E-state index contributed by atoms with van der Waals surface area (Å²) >= 11 is 0. The molecule has 0 atom stereocenters. The number of benzene rings is 2. The Kier molecular flexibility index (Phi) is 6.11. The summed E-state index contributed by atoms with van der Waals surface area (Å²) in [6.45, 7) is 3.75. The van der Waals surface area contributed by atoms with E-state index in [1.807, 2.05) is 43.3 Å². The van der Waals surface area contributed by atoms with E-state index in [9.17, 15) is 13.2 Å². The second kappa shape index (κ2) is 8.08. The third-order valence-corrected chi connectivity index (χ3v) is 5.18. The first kappa shape index (κ1) is 18.2. The van der Waals surface area contributed by atoms with E-state index in [0.29, 0.717) is 18.5 Å². The molecule has 2 aromatic carbocycles. The van der Waals surface area contributed by atoms with Gasteiger partial charge in [0.2, 0.25) is 15.9 Å². The Bertz CT molecular complexity index is 802. The third-order valence-electron chi connectivity index (χ3n) is 3.63. The molecule has 0 fully saturated rings. The summed E-state index contributed by atoms with van der Waals surface area (Å²) in [6.07, 6.45) is 0.705. The molecule has 1 amide bonds. The summed E-state index contributed by atoms with van der Waals surface area (Å²) in [4.78, 5) is 12.0. The molecule has 128 valence electrons. The van der Waals surface area contributed by atoms with Crippen LogP contribution in [0.15, 0.2) is 53.4 Å². The molecule has 2 rings (SSSR count). The van der Waals surface area contributed by atoms with Crippen LogP contribution in [0.3, 0.4) is 0 Å². The van der Waals surface area contributed by atoms with Gasteiger partial charge in [0.25, 0.3) is 0 Å². The van der Waals surface area contributed by atoms with Gasteiger partial charge in [-0.25, -0.2) is 13.1 Å². The van der Waals surface area contributed by atoms with E-state index >= 15 is 0 Å². The number of hydrogen-bond acceptors (Lipinski definition) is 3. The van der Waals surface area contributed by atoms with E-state index in [2.05, 4.69) is 10.0 Å². The van der Waals surface area contributed by atoms with Crippen molar-refractivity contribution in [2.75, 3.05) is 13.1 Å². The average molecular weight is 346 g/mol. The lowest BCUT2D eigenvalue weighted by Gasteiger charge is -2.10. The highest BCUT2D eigenvalue weighted by atomic mass is 32.2. The minimum absolute atomic E-state index is 0.208. The van der Waals surface area contributed by atoms with Crippen LogP contribution in [-0.4, -0.2) is 27.4 Å². The quantitative estimate of drug-likeness (QED) is 0.804. The molecular weight excluding hydrogens is 324 g/mol. The number of rotatable bonds is 7. The molecule has 0 saturated heterocycles. The molecule has 0 aliphatic carbocycles. The maximum absolute atomic E-state index is 12.3. The van der Waals surface area contributed by atoms with Crippen molar-refractivity contribution < 1.29 is 13.2 Å². The highest BCUT2D eigenvalue weighted by Gasteiger charge is 2.17. The number of carbonyl (C=O) groups is 1. The minimum Gasteiger partial charge on any atom is -0.355 e. The Balaban J connectivity index is 1.85. The fourth-order valence-corrected chi connectivity index (χ4v) is 3.60. The first-order valence-corrected chi connectivity index (χ1v) is 9.24. The second-order valence-electron chi connectivity index (χ2n) is 5.68. The summed E-state index contributed by atoms with van der Waals surface area (Å²) in [5, 5.41) is 2.72. The summed E-state index contributed by atoms with van der Waals surface area (Å²) < 4.78 is 27.0. The molecule has 2 aromatic rings. The van der Waals surface area contributed by atoms with Gasteiger partial charge in [-0.1, -0.05) is 42.5 Å². The number of nitrogens with one attached hydrogen (secondary N) is 2. The van der Waals surface area contributed by atoms with Gasteiger partial charge < -0.3 is 5.32 Å². The van der Waals surface area contributed by atoms with Gasteiger partial charge in [-0.2, -0.15) is 0 Å². The number of carbonyl (C=O) groups excluding carboxylic acids is 1. The molecule has 6 heteroatoms. The van der Waals surface area contributed by atoms with Crippen molar-refractivity contribution >= 4 is 15.9 Å². The smallest absolute Gasteiger partial charge is 0.241 e. The van der Waals surface area contributed by atoms with E-state index in [0.717, 1.165) is 11.1 Å². The van der Waals surface area contributed by atoms with Crippen molar-refractivity contribution in [1.82, 2.24) is 10.0 Å². The normalized spacial score (nSPS) is 11.2. The van der Waals surface area contributed by atoms with Crippen LogP contribution in [0.1, 0.15) is 16.7 Å². The Morgan fingerprint density at radius 3 is 2.46 bits per heavy atom. The summed E-state index contributed by atoms with van der Waals surface area (Å²) in [7, 11) is -3.70. The molecule has 0 spiro atoms. The maximum Gasteiger partial charge on any atom is 0.241 e. The maximum atomic E-state index is 12.3. The van der Waals surface area contributed by atoms with Crippen LogP contribution in [0.2, 0.25) is 0 Å². The number of aryl methyl sites for hydroxylation is 2. The number of sulfonamides is 1. The zero-order valence-corrected chi connectivity index (χ0v) is 14.7. The van der Waals surface area contributed by atoms with Crippen molar-refractivity contribution in [2.24, 2.45) is 0 Å². The predicted molar refractivity (Wildman–Crippen MR) is 94.3 cm³/mol. The third kappa shape index (κ3) is 5.18. The molecule has 0 unspecified atom stereocenters. The van der Waals surface area contributed by atoms with Crippen molar-refractivity contribution in [3.8, 4) is 0 Å². The van der Waals surface area contributed by atoms with Crippen LogP contribution in [0.5, 0.6) is 0 Å². The second-order valence-corrected chi connectivity index (χ2v) is 7.41. The SMILES string of the molecule is Cc1ccc(C)c(S(=O)(=O)NCC(=O)NCCc2ccccc2)c1. The fourth-order valence-electron chi connectivity index (χ4n) is 2.29.